The molecule has 0 amide bonds. The zero-order chi connectivity index (χ0) is 12.8. The SMILES string of the molecule is CO[Si](Cl)(Cl)CCCOC(=O)OC(C)(C)C. The molecule has 0 bridgehead atoms. The number of halogens is 2. The van der Waals surface area contributed by atoms with Crippen molar-refractivity contribution in [3.05, 3.63) is 0 Å². The fraction of sp³-hybridized carbons (Fsp3) is 0.889. The van der Waals surface area contributed by atoms with E-state index in [0.29, 0.717) is 12.5 Å². The van der Waals surface area contributed by atoms with E-state index in [-0.39, 0.29) is 6.61 Å². The largest absolute Gasteiger partial charge is 0.508 e. The molecule has 0 unspecified atom stereocenters. The van der Waals surface area contributed by atoms with Gasteiger partial charge in [-0.1, -0.05) is 0 Å². The molecule has 4 nitrogen and oxygen atoms in total. The highest BCUT2D eigenvalue weighted by Crippen LogP contribution is 2.22. The van der Waals surface area contributed by atoms with Gasteiger partial charge in [0.05, 0.1) is 6.61 Å². The van der Waals surface area contributed by atoms with Crippen LogP contribution in [0.1, 0.15) is 27.2 Å². The molecule has 0 aromatic rings. The minimum Gasteiger partial charge on any atom is -0.434 e. The second kappa shape index (κ2) is 6.69. The van der Waals surface area contributed by atoms with Gasteiger partial charge in [0.2, 0.25) is 0 Å². The van der Waals surface area contributed by atoms with E-state index in [2.05, 4.69) is 0 Å². The first-order valence-electron chi connectivity index (χ1n) is 4.95. The van der Waals surface area contributed by atoms with Crippen LogP contribution in [0.5, 0.6) is 0 Å². The minimum absolute atomic E-state index is 0.229. The van der Waals surface area contributed by atoms with Crippen molar-refractivity contribution in [1.29, 1.82) is 0 Å². The van der Waals surface area contributed by atoms with Crippen molar-refractivity contribution < 1.29 is 18.7 Å². The van der Waals surface area contributed by atoms with Gasteiger partial charge in [0.15, 0.2) is 0 Å². The number of hydrogen-bond acceptors (Lipinski definition) is 4. The lowest BCUT2D eigenvalue weighted by atomic mass is 10.2. The summed E-state index contributed by atoms with van der Waals surface area (Å²) in [6.45, 7) is 2.96. The van der Waals surface area contributed by atoms with Gasteiger partial charge in [-0.15, -0.1) is 22.2 Å². The van der Waals surface area contributed by atoms with Crippen LogP contribution in [0.25, 0.3) is 0 Å². The fourth-order valence-electron chi connectivity index (χ4n) is 0.815. The molecule has 0 fully saturated rings. The van der Waals surface area contributed by atoms with Crippen LogP contribution in [-0.2, 0) is 13.9 Å². The Kier molecular flexibility index (Phi) is 6.70. The molecule has 0 heterocycles. The number of hydrogen-bond donors (Lipinski definition) is 0. The van der Waals surface area contributed by atoms with Crippen LogP contribution in [0.4, 0.5) is 4.79 Å². The van der Waals surface area contributed by atoms with Gasteiger partial charge < -0.3 is 13.9 Å². The molecule has 0 saturated heterocycles. The van der Waals surface area contributed by atoms with Crippen molar-refractivity contribution in [2.24, 2.45) is 0 Å². The molecule has 0 aromatic carbocycles. The van der Waals surface area contributed by atoms with Gasteiger partial charge in [-0.25, -0.2) is 4.79 Å². The van der Waals surface area contributed by atoms with Crippen molar-refractivity contribution in [1.82, 2.24) is 0 Å². The standard InChI is InChI=1S/C9H18Cl2O4Si/c1-9(2,3)15-8(12)14-6-5-7-16(10,11)13-4/h5-7H2,1-4H3. The maximum atomic E-state index is 11.1. The average Bonchev–Trinajstić information content (AvgIpc) is 2.10. The van der Waals surface area contributed by atoms with Gasteiger partial charge in [-0.3, -0.25) is 0 Å². The van der Waals surface area contributed by atoms with E-state index in [1.54, 1.807) is 20.8 Å². The Balaban J connectivity index is 3.64. The third kappa shape index (κ3) is 9.27. The van der Waals surface area contributed by atoms with Crippen LogP contribution < -0.4 is 0 Å². The Morgan fingerprint density at radius 2 is 1.88 bits per heavy atom. The van der Waals surface area contributed by atoms with Crippen molar-refractivity contribution in [3.8, 4) is 0 Å². The van der Waals surface area contributed by atoms with Crippen molar-refractivity contribution >= 4 is 35.3 Å². The van der Waals surface area contributed by atoms with E-state index < -0.39 is 18.7 Å². The Bertz CT molecular complexity index is 228. The van der Waals surface area contributed by atoms with Crippen molar-refractivity contribution in [3.63, 3.8) is 0 Å². The third-order valence-corrected chi connectivity index (χ3v) is 5.11. The van der Waals surface area contributed by atoms with Gasteiger partial charge in [0.25, 0.3) is 0 Å². The van der Waals surface area contributed by atoms with Gasteiger partial charge in [-0.2, -0.15) is 0 Å². The zero-order valence-corrected chi connectivity index (χ0v) is 12.5. The van der Waals surface area contributed by atoms with Gasteiger partial charge in [-0.05, 0) is 33.2 Å². The Morgan fingerprint density at radius 3 is 2.31 bits per heavy atom. The van der Waals surface area contributed by atoms with Gasteiger partial charge in [0.1, 0.15) is 5.60 Å². The summed E-state index contributed by atoms with van der Waals surface area (Å²) >= 11 is 11.7. The molecule has 0 saturated carbocycles. The predicted octanol–water partition coefficient (Wildman–Crippen LogP) is 3.39. The van der Waals surface area contributed by atoms with E-state index in [9.17, 15) is 4.79 Å². The first-order chi connectivity index (χ1) is 7.16. The Labute approximate surface area is 107 Å². The summed E-state index contributed by atoms with van der Waals surface area (Å²) in [6, 6.07) is 0.509. The molecule has 7 heteroatoms. The second-order valence-corrected chi connectivity index (χ2v) is 10.7. The second-order valence-electron chi connectivity index (χ2n) is 4.26. The summed E-state index contributed by atoms with van der Waals surface area (Å²) in [7, 11) is 1.47. The van der Waals surface area contributed by atoms with Crippen LogP contribution in [0, 0.1) is 0 Å². The molecule has 96 valence electrons. The minimum atomic E-state index is -2.58. The van der Waals surface area contributed by atoms with Crippen LogP contribution in [0.15, 0.2) is 0 Å². The molecular weight excluding hydrogens is 271 g/mol. The molecule has 0 aromatic heterocycles. The molecule has 0 radical (unpaired) electrons. The van der Waals surface area contributed by atoms with Crippen LogP contribution >= 0.6 is 22.2 Å². The van der Waals surface area contributed by atoms with E-state index >= 15 is 0 Å². The summed E-state index contributed by atoms with van der Waals surface area (Å²) < 4.78 is 14.7. The van der Waals surface area contributed by atoms with Crippen LogP contribution in [-0.4, -0.2) is 32.4 Å². The molecular formula is C9H18Cl2O4Si. The van der Waals surface area contributed by atoms with Crippen molar-refractivity contribution in [2.75, 3.05) is 13.7 Å². The highest BCUT2D eigenvalue weighted by atomic mass is 35.7. The fourth-order valence-corrected chi connectivity index (χ4v) is 2.38. The molecule has 0 atom stereocenters. The predicted molar refractivity (Wildman–Crippen MR) is 66.1 cm³/mol. The van der Waals surface area contributed by atoms with E-state index in [0.717, 1.165) is 0 Å². The Morgan fingerprint density at radius 1 is 1.31 bits per heavy atom. The maximum Gasteiger partial charge on any atom is 0.508 e. The van der Waals surface area contributed by atoms with Crippen molar-refractivity contribution in [2.45, 2.75) is 38.8 Å². The number of carbonyl (C=O) groups is 1. The molecule has 16 heavy (non-hydrogen) atoms. The topological polar surface area (TPSA) is 44.8 Å². The van der Waals surface area contributed by atoms with E-state index in [4.69, 9.17) is 36.1 Å². The zero-order valence-electron chi connectivity index (χ0n) is 10.0. The van der Waals surface area contributed by atoms with E-state index in [1.807, 2.05) is 0 Å². The molecule has 0 rings (SSSR count). The summed E-state index contributed by atoms with van der Waals surface area (Å²) in [6.07, 6.45) is -0.118. The number of rotatable bonds is 5. The lowest BCUT2D eigenvalue weighted by Crippen LogP contribution is -2.26. The summed E-state index contributed by atoms with van der Waals surface area (Å²) in [5.41, 5.74) is -0.541. The normalized spacial score (nSPS) is 12.4. The highest BCUT2D eigenvalue weighted by Gasteiger charge is 2.28. The summed E-state index contributed by atoms with van der Waals surface area (Å²) in [5, 5.41) is 0. The number of carbonyl (C=O) groups excluding carboxylic acids is 1. The summed E-state index contributed by atoms with van der Waals surface area (Å²) in [4.78, 5) is 11.1. The lowest BCUT2D eigenvalue weighted by molar-refractivity contribution is -0.00709. The maximum absolute atomic E-state index is 11.1. The molecule has 0 N–H and O–H groups in total. The molecule has 0 aliphatic carbocycles. The van der Waals surface area contributed by atoms with Gasteiger partial charge in [0, 0.05) is 7.11 Å². The quantitative estimate of drug-likeness (QED) is 0.337. The molecule has 0 aliphatic heterocycles. The smallest absolute Gasteiger partial charge is 0.434 e. The van der Waals surface area contributed by atoms with Crippen LogP contribution in [0.3, 0.4) is 0 Å². The third-order valence-electron chi connectivity index (χ3n) is 1.52. The van der Waals surface area contributed by atoms with E-state index in [1.165, 1.54) is 7.11 Å². The number of ether oxygens (including phenoxy) is 2. The highest BCUT2D eigenvalue weighted by molar-refractivity contribution is 7.42. The van der Waals surface area contributed by atoms with Crippen LogP contribution in [0.2, 0.25) is 6.04 Å². The Hall–Kier alpha value is 0.0269. The molecule has 0 aliphatic rings. The first kappa shape index (κ1) is 16.0. The monoisotopic (exact) mass is 288 g/mol. The summed E-state index contributed by atoms with van der Waals surface area (Å²) in [5.74, 6) is 0. The average molecular weight is 289 g/mol. The lowest BCUT2D eigenvalue weighted by Gasteiger charge is -2.19. The van der Waals surface area contributed by atoms with Gasteiger partial charge >= 0.3 is 13.1 Å². The molecule has 0 spiro atoms. The first-order valence-corrected chi connectivity index (χ1v) is 9.09.